The van der Waals surface area contributed by atoms with Gasteiger partial charge in [0.05, 0.1) is 6.61 Å². The summed E-state index contributed by atoms with van der Waals surface area (Å²) >= 11 is 0. The summed E-state index contributed by atoms with van der Waals surface area (Å²) in [7, 11) is 0. The third-order valence-electron chi connectivity index (χ3n) is 5.01. The minimum Gasteiger partial charge on any atom is -0.481 e. The molecule has 1 aromatic carbocycles. The molecule has 31 heavy (non-hydrogen) atoms. The molecule has 1 aliphatic heterocycles. The van der Waals surface area contributed by atoms with Crippen LogP contribution in [0.3, 0.4) is 0 Å². The van der Waals surface area contributed by atoms with Crippen LogP contribution in [-0.4, -0.2) is 54.0 Å². The van der Waals surface area contributed by atoms with Gasteiger partial charge in [-0.3, -0.25) is 0 Å². The molecule has 0 unspecified atom stereocenters. The van der Waals surface area contributed by atoms with E-state index in [0.29, 0.717) is 19.0 Å². The predicted molar refractivity (Wildman–Crippen MR) is 116 cm³/mol. The lowest BCUT2D eigenvalue weighted by atomic mass is 9.98. The van der Waals surface area contributed by atoms with Gasteiger partial charge in [-0.15, -0.1) is 0 Å². The highest BCUT2D eigenvalue weighted by molar-refractivity contribution is 5.91. The molecular weight excluding hydrogens is 398 g/mol. The monoisotopic (exact) mass is 427 g/mol. The Morgan fingerprint density at radius 2 is 1.97 bits per heavy atom. The number of aliphatic hydroxyl groups is 1. The summed E-state index contributed by atoms with van der Waals surface area (Å²) in [5.41, 5.74) is 0.966. The Morgan fingerprint density at radius 3 is 2.61 bits per heavy atom. The number of aromatic nitrogens is 2. The van der Waals surface area contributed by atoms with Crippen LogP contribution in [0.2, 0.25) is 0 Å². The van der Waals surface area contributed by atoms with Gasteiger partial charge in [-0.25, -0.2) is 9.78 Å². The van der Waals surface area contributed by atoms with Crippen molar-refractivity contribution in [3.05, 3.63) is 54.2 Å². The summed E-state index contributed by atoms with van der Waals surface area (Å²) in [4.78, 5) is 23.7. The fraction of sp³-hybridized carbons (Fsp3) is 0.435. The van der Waals surface area contributed by atoms with E-state index in [1.807, 2.05) is 35.2 Å². The van der Waals surface area contributed by atoms with Crippen molar-refractivity contribution in [2.75, 3.05) is 37.8 Å². The van der Waals surface area contributed by atoms with Crippen LogP contribution in [0.25, 0.3) is 0 Å². The molecule has 0 saturated carbocycles. The first-order valence-corrected chi connectivity index (χ1v) is 10.5. The number of piperidine rings is 1. The number of hydrogen-bond acceptors (Lipinski definition) is 8. The second-order valence-corrected chi connectivity index (χ2v) is 7.21. The average molecular weight is 428 g/mol. The fourth-order valence-corrected chi connectivity index (χ4v) is 3.31. The van der Waals surface area contributed by atoms with Crippen LogP contribution in [0.5, 0.6) is 11.6 Å². The maximum Gasteiger partial charge on any atom is 0.361 e. The zero-order valence-electron chi connectivity index (χ0n) is 17.8. The number of anilines is 1. The molecule has 2 aromatic rings. The maximum absolute atomic E-state index is 12.7. The Kier molecular flexibility index (Phi) is 8.23. The van der Waals surface area contributed by atoms with Gasteiger partial charge in [0, 0.05) is 19.7 Å². The second-order valence-electron chi connectivity index (χ2n) is 7.21. The maximum atomic E-state index is 12.7. The summed E-state index contributed by atoms with van der Waals surface area (Å²) in [5.74, 6) is 0.380. The summed E-state index contributed by atoms with van der Waals surface area (Å²) in [6.07, 6.45) is 3.24. The first-order valence-electron chi connectivity index (χ1n) is 10.5. The van der Waals surface area contributed by atoms with E-state index in [1.165, 1.54) is 0 Å². The van der Waals surface area contributed by atoms with Crippen molar-refractivity contribution in [3.8, 4) is 11.6 Å². The van der Waals surface area contributed by atoms with Crippen LogP contribution in [-0.2, 0) is 11.3 Å². The lowest BCUT2D eigenvalue weighted by molar-refractivity contribution is 0.0512. The molecule has 8 nitrogen and oxygen atoms in total. The Balaban J connectivity index is 1.95. The van der Waals surface area contributed by atoms with E-state index < -0.39 is 5.97 Å². The van der Waals surface area contributed by atoms with Gasteiger partial charge in [-0.05, 0) is 31.2 Å². The van der Waals surface area contributed by atoms with E-state index in [-0.39, 0.29) is 49.7 Å². The first kappa shape index (κ1) is 22.6. The molecule has 1 aromatic heterocycles. The van der Waals surface area contributed by atoms with Crippen LogP contribution in [0.1, 0.15) is 35.8 Å². The average Bonchev–Trinajstić information content (AvgIpc) is 2.82. The zero-order chi connectivity index (χ0) is 22.1. The van der Waals surface area contributed by atoms with E-state index >= 15 is 0 Å². The number of esters is 1. The molecule has 1 N–H and O–H groups in total. The number of carbonyl (C=O) groups excluding carboxylic acids is 1. The first-order chi connectivity index (χ1) is 15.2. The van der Waals surface area contributed by atoms with Crippen molar-refractivity contribution < 1.29 is 24.1 Å². The highest BCUT2D eigenvalue weighted by Crippen LogP contribution is 2.33. The SMILES string of the molecule is C=CCOc1nc(N2CCC(CO)CC2)nc(C(=O)OCC)c1OCc1ccccc1. The molecule has 0 amide bonds. The summed E-state index contributed by atoms with van der Waals surface area (Å²) in [6.45, 7) is 7.58. The smallest absolute Gasteiger partial charge is 0.361 e. The van der Waals surface area contributed by atoms with E-state index in [9.17, 15) is 9.90 Å². The summed E-state index contributed by atoms with van der Waals surface area (Å²) in [6, 6.07) is 9.60. The lowest BCUT2D eigenvalue weighted by Crippen LogP contribution is -2.36. The van der Waals surface area contributed by atoms with Gasteiger partial charge in [-0.2, -0.15) is 4.98 Å². The molecule has 0 radical (unpaired) electrons. The van der Waals surface area contributed by atoms with Gasteiger partial charge in [0.2, 0.25) is 11.7 Å². The van der Waals surface area contributed by atoms with Gasteiger partial charge >= 0.3 is 5.97 Å². The lowest BCUT2D eigenvalue weighted by Gasteiger charge is -2.31. The predicted octanol–water partition coefficient (Wildman–Crippen LogP) is 3.01. The number of nitrogens with zero attached hydrogens (tertiary/aromatic N) is 3. The molecule has 2 heterocycles. The minimum atomic E-state index is -0.595. The molecule has 166 valence electrons. The van der Waals surface area contributed by atoms with Crippen LogP contribution in [0.15, 0.2) is 43.0 Å². The molecule has 1 saturated heterocycles. The van der Waals surface area contributed by atoms with Crippen LogP contribution >= 0.6 is 0 Å². The molecule has 0 atom stereocenters. The van der Waals surface area contributed by atoms with Gasteiger partial charge in [0.1, 0.15) is 13.2 Å². The normalized spacial score (nSPS) is 14.2. The molecular formula is C23H29N3O5. The van der Waals surface area contributed by atoms with E-state index in [4.69, 9.17) is 14.2 Å². The van der Waals surface area contributed by atoms with E-state index in [0.717, 1.165) is 18.4 Å². The number of aliphatic hydroxyl groups excluding tert-OH is 1. The Hall–Kier alpha value is -3.13. The highest BCUT2D eigenvalue weighted by Gasteiger charge is 2.28. The number of carbonyl (C=O) groups is 1. The van der Waals surface area contributed by atoms with Crippen molar-refractivity contribution in [3.63, 3.8) is 0 Å². The molecule has 1 aliphatic rings. The quantitative estimate of drug-likeness (QED) is 0.457. The van der Waals surface area contributed by atoms with Crippen molar-refractivity contribution in [2.45, 2.75) is 26.4 Å². The molecule has 0 bridgehead atoms. The van der Waals surface area contributed by atoms with Crippen LogP contribution in [0, 0.1) is 5.92 Å². The van der Waals surface area contributed by atoms with Crippen molar-refractivity contribution in [2.24, 2.45) is 5.92 Å². The van der Waals surface area contributed by atoms with Gasteiger partial charge < -0.3 is 24.2 Å². The summed E-state index contributed by atoms with van der Waals surface area (Å²) < 4.78 is 16.9. The molecule has 1 fully saturated rings. The number of ether oxygens (including phenoxy) is 3. The molecule has 3 rings (SSSR count). The third kappa shape index (κ3) is 5.95. The van der Waals surface area contributed by atoms with E-state index in [1.54, 1.807) is 13.0 Å². The zero-order valence-corrected chi connectivity index (χ0v) is 17.8. The largest absolute Gasteiger partial charge is 0.481 e. The van der Waals surface area contributed by atoms with Gasteiger partial charge in [-0.1, -0.05) is 43.0 Å². The highest BCUT2D eigenvalue weighted by atomic mass is 16.5. The van der Waals surface area contributed by atoms with Crippen molar-refractivity contribution in [1.82, 2.24) is 9.97 Å². The second kappa shape index (κ2) is 11.3. The van der Waals surface area contributed by atoms with Gasteiger partial charge in [0.15, 0.2) is 5.69 Å². The number of hydrogen-bond donors (Lipinski definition) is 1. The number of rotatable bonds is 10. The van der Waals surface area contributed by atoms with Crippen LogP contribution < -0.4 is 14.4 Å². The van der Waals surface area contributed by atoms with Crippen LogP contribution in [0.4, 0.5) is 5.95 Å². The van der Waals surface area contributed by atoms with Crippen molar-refractivity contribution in [1.29, 1.82) is 0 Å². The Bertz CT molecular complexity index is 867. The fourth-order valence-electron chi connectivity index (χ4n) is 3.31. The third-order valence-corrected chi connectivity index (χ3v) is 5.01. The Labute approximate surface area is 182 Å². The molecule has 8 heteroatoms. The standard InChI is InChI=1S/C23H29N3O5/c1-3-14-30-21-20(31-16-18-8-6-5-7-9-18)19(22(28)29-4-2)24-23(25-21)26-12-10-17(15-27)11-13-26/h3,5-9,17,27H,1,4,10-16H2,2H3. The topological polar surface area (TPSA) is 94.0 Å². The molecule has 0 aliphatic carbocycles. The molecule has 0 spiro atoms. The van der Waals surface area contributed by atoms with Crippen molar-refractivity contribution >= 4 is 11.9 Å². The summed E-state index contributed by atoms with van der Waals surface area (Å²) in [5, 5.41) is 9.40. The number of benzene rings is 1. The van der Waals surface area contributed by atoms with Gasteiger partial charge in [0.25, 0.3) is 5.88 Å². The minimum absolute atomic E-state index is 0.0334. The Morgan fingerprint density at radius 1 is 1.23 bits per heavy atom. The van der Waals surface area contributed by atoms with E-state index in [2.05, 4.69) is 16.5 Å².